The van der Waals surface area contributed by atoms with Crippen molar-refractivity contribution >= 4 is 17.4 Å². The zero-order chi connectivity index (χ0) is 17.9. The van der Waals surface area contributed by atoms with Gasteiger partial charge in [0.15, 0.2) is 17.3 Å². The highest BCUT2D eigenvalue weighted by Crippen LogP contribution is 2.32. The zero-order valence-electron chi connectivity index (χ0n) is 14.5. The van der Waals surface area contributed by atoms with Gasteiger partial charge >= 0.3 is 0 Å². The van der Waals surface area contributed by atoms with Crippen molar-refractivity contribution in [3.8, 4) is 11.5 Å². The van der Waals surface area contributed by atoms with E-state index < -0.39 is 0 Å². The van der Waals surface area contributed by atoms with Crippen LogP contribution in [0.5, 0.6) is 11.5 Å². The smallest absolute Gasteiger partial charge is 0.224 e. The van der Waals surface area contributed by atoms with Crippen molar-refractivity contribution in [3.05, 3.63) is 53.1 Å². The molecule has 0 unspecified atom stereocenters. The summed E-state index contributed by atoms with van der Waals surface area (Å²) >= 11 is 0. The SMILES string of the molecule is O=C(CCC(=O)c1ccc2c(c1)CCC2)Nc1ccc2c(c1)OCCO2. The van der Waals surface area contributed by atoms with Gasteiger partial charge in [-0.05, 0) is 48.6 Å². The number of amides is 1. The van der Waals surface area contributed by atoms with Crippen LogP contribution in [0.15, 0.2) is 36.4 Å². The van der Waals surface area contributed by atoms with Gasteiger partial charge in [0.1, 0.15) is 13.2 Å². The number of carbonyl (C=O) groups excluding carboxylic acids is 2. The van der Waals surface area contributed by atoms with Gasteiger partial charge in [-0.1, -0.05) is 12.1 Å². The van der Waals surface area contributed by atoms with Gasteiger partial charge < -0.3 is 14.8 Å². The van der Waals surface area contributed by atoms with Crippen molar-refractivity contribution in [1.29, 1.82) is 0 Å². The van der Waals surface area contributed by atoms with Crippen molar-refractivity contribution in [2.24, 2.45) is 0 Å². The Morgan fingerprint density at radius 1 is 0.885 bits per heavy atom. The maximum Gasteiger partial charge on any atom is 0.224 e. The van der Waals surface area contributed by atoms with Crippen LogP contribution in [0, 0.1) is 0 Å². The van der Waals surface area contributed by atoms with E-state index in [4.69, 9.17) is 9.47 Å². The number of hydrogen-bond acceptors (Lipinski definition) is 4. The van der Waals surface area contributed by atoms with Crippen molar-refractivity contribution in [3.63, 3.8) is 0 Å². The summed E-state index contributed by atoms with van der Waals surface area (Å²) in [5.41, 5.74) is 3.97. The first-order chi connectivity index (χ1) is 12.7. The van der Waals surface area contributed by atoms with Crippen LogP contribution < -0.4 is 14.8 Å². The van der Waals surface area contributed by atoms with Crippen LogP contribution in [0.1, 0.15) is 40.7 Å². The Labute approximate surface area is 152 Å². The molecule has 134 valence electrons. The number of benzene rings is 2. The summed E-state index contributed by atoms with van der Waals surface area (Å²) in [7, 11) is 0. The predicted molar refractivity (Wildman–Crippen MR) is 98.1 cm³/mol. The van der Waals surface area contributed by atoms with E-state index in [1.165, 1.54) is 11.1 Å². The lowest BCUT2D eigenvalue weighted by Crippen LogP contribution is -2.16. The van der Waals surface area contributed by atoms with Gasteiger partial charge in [0, 0.05) is 30.2 Å². The van der Waals surface area contributed by atoms with E-state index in [0.29, 0.717) is 36.0 Å². The zero-order valence-corrected chi connectivity index (χ0v) is 14.5. The van der Waals surface area contributed by atoms with Crippen LogP contribution in [0.3, 0.4) is 0 Å². The molecule has 0 fully saturated rings. The largest absolute Gasteiger partial charge is 0.486 e. The maximum atomic E-state index is 12.4. The molecule has 1 aliphatic heterocycles. The Morgan fingerprint density at radius 3 is 2.58 bits per heavy atom. The quantitative estimate of drug-likeness (QED) is 0.837. The third-order valence-corrected chi connectivity index (χ3v) is 4.83. The molecule has 2 aromatic rings. The third kappa shape index (κ3) is 3.57. The molecule has 1 aliphatic carbocycles. The molecular weight excluding hydrogens is 330 g/mol. The molecule has 0 saturated heterocycles. The molecule has 0 atom stereocenters. The van der Waals surface area contributed by atoms with E-state index in [0.717, 1.165) is 19.3 Å². The number of ketones is 1. The number of Topliss-reactive ketones (excluding diaryl/α,β-unsaturated/α-hetero) is 1. The molecule has 0 aromatic heterocycles. The molecule has 1 N–H and O–H groups in total. The van der Waals surface area contributed by atoms with Gasteiger partial charge in [0.25, 0.3) is 0 Å². The maximum absolute atomic E-state index is 12.4. The fourth-order valence-corrected chi connectivity index (χ4v) is 3.46. The number of fused-ring (bicyclic) bond motifs is 2. The highest BCUT2D eigenvalue weighted by molar-refractivity contribution is 6.00. The van der Waals surface area contributed by atoms with Crippen LogP contribution in [-0.4, -0.2) is 24.9 Å². The molecule has 2 aromatic carbocycles. The molecule has 2 aliphatic rings. The van der Waals surface area contributed by atoms with Gasteiger partial charge in [0.05, 0.1) is 0 Å². The fourth-order valence-electron chi connectivity index (χ4n) is 3.46. The minimum Gasteiger partial charge on any atom is -0.486 e. The van der Waals surface area contributed by atoms with Crippen LogP contribution in [0.25, 0.3) is 0 Å². The number of ether oxygens (including phenoxy) is 2. The van der Waals surface area contributed by atoms with Gasteiger partial charge in [0.2, 0.25) is 5.91 Å². The van der Waals surface area contributed by atoms with Crippen molar-refractivity contribution in [1.82, 2.24) is 0 Å². The molecule has 26 heavy (non-hydrogen) atoms. The summed E-state index contributed by atoms with van der Waals surface area (Å²) in [6, 6.07) is 11.2. The lowest BCUT2D eigenvalue weighted by atomic mass is 10.0. The first-order valence-corrected chi connectivity index (χ1v) is 9.03. The summed E-state index contributed by atoms with van der Waals surface area (Å²) in [5, 5.41) is 2.81. The van der Waals surface area contributed by atoms with Crippen molar-refractivity contribution in [2.75, 3.05) is 18.5 Å². The summed E-state index contributed by atoms with van der Waals surface area (Å²) in [5.74, 6) is 1.14. The average molecular weight is 351 g/mol. The first-order valence-electron chi connectivity index (χ1n) is 9.03. The topological polar surface area (TPSA) is 64.6 Å². The number of rotatable bonds is 5. The second kappa shape index (κ2) is 7.20. The third-order valence-electron chi connectivity index (χ3n) is 4.83. The average Bonchev–Trinajstić information content (AvgIpc) is 3.14. The second-order valence-corrected chi connectivity index (χ2v) is 6.67. The predicted octanol–water partition coefficient (Wildman–Crippen LogP) is 3.55. The molecule has 0 spiro atoms. The number of hydrogen-bond donors (Lipinski definition) is 1. The normalized spacial score (nSPS) is 14.6. The number of aryl methyl sites for hydroxylation is 2. The molecule has 0 radical (unpaired) electrons. The second-order valence-electron chi connectivity index (χ2n) is 6.67. The van der Waals surface area contributed by atoms with Crippen LogP contribution >= 0.6 is 0 Å². The summed E-state index contributed by atoms with van der Waals surface area (Å²) in [6.45, 7) is 1.03. The molecule has 1 heterocycles. The van der Waals surface area contributed by atoms with E-state index in [-0.39, 0.29) is 24.5 Å². The highest BCUT2D eigenvalue weighted by Gasteiger charge is 2.16. The standard InChI is InChI=1S/C21H21NO4/c23-18(16-5-4-14-2-1-3-15(14)12-16)7-9-21(24)22-17-6-8-19-20(13-17)26-11-10-25-19/h4-6,8,12-13H,1-3,7,9-11H2,(H,22,24). The minimum absolute atomic E-state index is 0.0111. The Morgan fingerprint density at radius 2 is 1.69 bits per heavy atom. The Bertz CT molecular complexity index is 859. The van der Waals surface area contributed by atoms with Gasteiger partial charge in [-0.25, -0.2) is 0 Å². The van der Waals surface area contributed by atoms with E-state index in [1.807, 2.05) is 18.2 Å². The molecular formula is C21H21NO4. The summed E-state index contributed by atoms with van der Waals surface area (Å²) in [6.07, 6.45) is 3.66. The highest BCUT2D eigenvalue weighted by atomic mass is 16.6. The van der Waals surface area contributed by atoms with E-state index in [9.17, 15) is 9.59 Å². The minimum atomic E-state index is -0.184. The van der Waals surface area contributed by atoms with Crippen LogP contribution in [-0.2, 0) is 17.6 Å². The summed E-state index contributed by atoms with van der Waals surface area (Å²) in [4.78, 5) is 24.5. The van der Waals surface area contributed by atoms with Crippen LogP contribution in [0.4, 0.5) is 5.69 Å². The van der Waals surface area contributed by atoms with Gasteiger partial charge in [-0.15, -0.1) is 0 Å². The Hall–Kier alpha value is -2.82. The Kier molecular flexibility index (Phi) is 4.61. The molecule has 0 saturated carbocycles. The fraction of sp³-hybridized carbons (Fsp3) is 0.333. The van der Waals surface area contributed by atoms with Crippen LogP contribution in [0.2, 0.25) is 0 Å². The lowest BCUT2D eigenvalue weighted by Gasteiger charge is -2.19. The van der Waals surface area contributed by atoms with E-state index >= 15 is 0 Å². The molecule has 5 heteroatoms. The van der Waals surface area contributed by atoms with E-state index in [1.54, 1.807) is 18.2 Å². The number of carbonyl (C=O) groups is 2. The van der Waals surface area contributed by atoms with Gasteiger partial charge in [-0.2, -0.15) is 0 Å². The monoisotopic (exact) mass is 351 g/mol. The van der Waals surface area contributed by atoms with Gasteiger partial charge in [-0.3, -0.25) is 9.59 Å². The molecule has 0 bridgehead atoms. The number of anilines is 1. The van der Waals surface area contributed by atoms with Crippen molar-refractivity contribution in [2.45, 2.75) is 32.1 Å². The molecule has 5 nitrogen and oxygen atoms in total. The Balaban J connectivity index is 1.33. The van der Waals surface area contributed by atoms with Crippen molar-refractivity contribution < 1.29 is 19.1 Å². The number of nitrogens with one attached hydrogen (secondary N) is 1. The lowest BCUT2D eigenvalue weighted by molar-refractivity contribution is -0.116. The summed E-state index contributed by atoms with van der Waals surface area (Å²) < 4.78 is 11.0. The van der Waals surface area contributed by atoms with E-state index in [2.05, 4.69) is 5.32 Å². The first kappa shape index (κ1) is 16.6. The molecule has 4 rings (SSSR count). The molecule has 1 amide bonds.